The summed E-state index contributed by atoms with van der Waals surface area (Å²) in [5.74, 6) is -3.04. The Morgan fingerprint density at radius 2 is 1.79 bits per heavy atom. The highest BCUT2D eigenvalue weighted by Gasteiger charge is 2.32. The van der Waals surface area contributed by atoms with E-state index in [1.807, 2.05) is 0 Å². The van der Waals surface area contributed by atoms with Crippen molar-refractivity contribution >= 4 is 16.7 Å². The van der Waals surface area contributed by atoms with Crippen molar-refractivity contribution < 1.29 is 22.7 Å². The Bertz CT molecular complexity index is 1450. The standard InChI is InChI=1S/C23H17F3N4O3/c1-30(23(32)18-8-17(28-29-18)11-2-4-12(24)5-3-11)20-10-33-9-19-21(20)13-6-15(25)16(26)7-14(13)22(31)27-19/h2-8,20H,9-10H2,1H3,(H,27,31)(H,28,29)/t20-/m1/s1. The summed E-state index contributed by atoms with van der Waals surface area (Å²) in [6, 6.07) is 8.36. The molecule has 0 saturated carbocycles. The number of ether oxygens (including phenoxy) is 1. The molecule has 0 spiro atoms. The van der Waals surface area contributed by atoms with Gasteiger partial charge in [0, 0.05) is 23.9 Å². The summed E-state index contributed by atoms with van der Waals surface area (Å²) in [5.41, 5.74) is 1.57. The smallest absolute Gasteiger partial charge is 0.272 e. The van der Waals surface area contributed by atoms with Gasteiger partial charge in [0.1, 0.15) is 11.5 Å². The summed E-state index contributed by atoms with van der Waals surface area (Å²) in [6.07, 6.45) is 0. The van der Waals surface area contributed by atoms with E-state index in [1.165, 1.54) is 23.1 Å². The lowest BCUT2D eigenvalue weighted by Gasteiger charge is -2.33. The highest BCUT2D eigenvalue weighted by atomic mass is 19.2. The summed E-state index contributed by atoms with van der Waals surface area (Å²) >= 11 is 0. The lowest BCUT2D eigenvalue weighted by atomic mass is 9.95. The molecule has 0 unspecified atom stereocenters. The van der Waals surface area contributed by atoms with Gasteiger partial charge in [-0.1, -0.05) is 0 Å². The maximum atomic E-state index is 14.1. The molecule has 3 heterocycles. The third-order valence-corrected chi connectivity index (χ3v) is 5.78. The van der Waals surface area contributed by atoms with Crippen LogP contribution in [0.3, 0.4) is 0 Å². The van der Waals surface area contributed by atoms with Crippen LogP contribution in [0.4, 0.5) is 13.2 Å². The van der Waals surface area contributed by atoms with E-state index in [9.17, 15) is 22.8 Å². The topological polar surface area (TPSA) is 91.1 Å². The Kier molecular flexibility index (Phi) is 5.01. The number of fused-ring (bicyclic) bond motifs is 3. The number of rotatable bonds is 3. The number of amides is 1. The highest BCUT2D eigenvalue weighted by molar-refractivity contribution is 5.94. The summed E-state index contributed by atoms with van der Waals surface area (Å²) < 4.78 is 46.6. The van der Waals surface area contributed by atoms with Crippen LogP contribution >= 0.6 is 0 Å². The fourth-order valence-corrected chi connectivity index (χ4v) is 4.08. The molecule has 2 aromatic carbocycles. The van der Waals surface area contributed by atoms with E-state index < -0.39 is 29.1 Å². The summed E-state index contributed by atoms with van der Waals surface area (Å²) in [7, 11) is 1.54. The Morgan fingerprint density at radius 1 is 1.09 bits per heavy atom. The number of hydrogen-bond acceptors (Lipinski definition) is 4. The molecule has 7 nitrogen and oxygen atoms in total. The second kappa shape index (κ2) is 7.89. The molecule has 0 aliphatic carbocycles. The number of likely N-dealkylation sites (N-methyl/N-ethyl adjacent to an activating group) is 1. The van der Waals surface area contributed by atoms with Gasteiger partial charge in [-0.15, -0.1) is 0 Å². The van der Waals surface area contributed by atoms with Gasteiger partial charge in [-0.3, -0.25) is 14.7 Å². The minimum atomic E-state index is -1.13. The lowest BCUT2D eigenvalue weighted by molar-refractivity contribution is 0.0332. The van der Waals surface area contributed by atoms with Gasteiger partial charge >= 0.3 is 0 Å². The third-order valence-electron chi connectivity index (χ3n) is 5.78. The molecule has 0 bridgehead atoms. The largest absolute Gasteiger partial charge is 0.373 e. The molecule has 2 N–H and O–H groups in total. The Hall–Kier alpha value is -3.92. The molecule has 168 valence electrons. The first-order valence-corrected chi connectivity index (χ1v) is 10.0. The molecule has 0 radical (unpaired) electrons. The molecule has 0 fully saturated rings. The first-order valence-electron chi connectivity index (χ1n) is 10.0. The normalized spacial score (nSPS) is 15.5. The SMILES string of the molecule is CN(C(=O)c1cc(-c2ccc(F)cc2)n[nH]1)[C@@H]1COCc2[nH]c(=O)c3cc(F)c(F)cc3c21. The van der Waals surface area contributed by atoms with Crippen LogP contribution in [0.1, 0.15) is 27.8 Å². The zero-order valence-corrected chi connectivity index (χ0v) is 17.3. The van der Waals surface area contributed by atoms with Gasteiger partial charge in [-0.25, -0.2) is 13.2 Å². The minimum Gasteiger partial charge on any atom is -0.373 e. The first kappa shape index (κ1) is 21.0. The fourth-order valence-electron chi connectivity index (χ4n) is 4.08. The number of halogens is 3. The van der Waals surface area contributed by atoms with Gasteiger partial charge in [0.25, 0.3) is 11.5 Å². The van der Waals surface area contributed by atoms with Crippen LogP contribution in [-0.4, -0.2) is 39.6 Å². The molecule has 2 aromatic heterocycles. The van der Waals surface area contributed by atoms with Gasteiger partial charge in [-0.2, -0.15) is 5.10 Å². The summed E-state index contributed by atoms with van der Waals surface area (Å²) in [6.45, 7) is 0.158. The van der Waals surface area contributed by atoms with E-state index in [-0.39, 0.29) is 35.5 Å². The number of nitrogens with one attached hydrogen (secondary N) is 2. The van der Waals surface area contributed by atoms with Crippen molar-refractivity contribution in [2.24, 2.45) is 0 Å². The van der Waals surface area contributed by atoms with Crippen LogP contribution in [-0.2, 0) is 11.3 Å². The van der Waals surface area contributed by atoms with E-state index >= 15 is 0 Å². The third kappa shape index (κ3) is 3.58. The lowest BCUT2D eigenvalue weighted by Crippen LogP contribution is -2.37. The molecule has 4 aromatic rings. The van der Waals surface area contributed by atoms with Gasteiger partial charge in [0.05, 0.1) is 30.3 Å². The monoisotopic (exact) mass is 454 g/mol. The molecule has 1 amide bonds. The van der Waals surface area contributed by atoms with Crippen LogP contribution in [0.2, 0.25) is 0 Å². The quantitative estimate of drug-likeness (QED) is 0.494. The molecule has 5 rings (SSSR count). The summed E-state index contributed by atoms with van der Waals surface area (Å²) in [5, 5.41) is 7.02. The number of pyridine rings is 1. The van der Waals surface area contributed by atoms with E-state index in [2.05, 4.69) is 15.2 Å². The second-order valence-corrected chi connectivity index (χ2v) is 7.78. The number of benzene rings is 2. The molecule has 1 atom stereocenters. The molecule has 10 heteroatoms. The van der Waals surface area contributed by atoms with E-state index in [0.29, 0.717) is 22.5 Å². The Morgan fingerprint density at radius 3 is 2.52 bits per heavy atom. The van der Waals surface area contributed by atoms with E-state index in [4.69, 9.17) is 4.74 Å². The molecular weight excluding hydrogens is 437 g/mol. The van der Waals surface area contributed by atoms with Crippen LogP contribution in [0.5, 0.6) is 0 Å². The zero-order valence-electron chi connectivity index (χ0n) is 17.3. The van der Waals surface area contributed by atoms with Crippen LogP contribution < -0.4 is 5.56 Å². The number of hydrogen-bond donors (Lipinski definition) is 2. The summed E-state index contributed by atoms with van der Waals surface area (Å²) in [4.78, 5) is 29.6. The molecular formula is C23H17F3N4O3. The van der Waals surface area contributed by atoms with Gasteiger partial charge < -0.3 is 14.6 Å². The van der Waals surface area contributed by atoms with Gasteiger partial charge in [0.15, 0.2) is 11.6 Å². The van der Waals surface area contributed by atoms with Crippen molar-refractivity contribution in [3.8, 4) is 11.3 Å². The van der Waals surface area contributed by atoms with Crippen molar-refractivity contribution in [1.29, 1.82) is 0 Å². The number of aromatic amines is 2. The molecule has 1 aliphatic heterocycles. The number of H-pyrrole nitrogens is 2. The maximum absolute atomic E-state index is 14.1. The van der Waals surface area contributed by atoms with Gasteiger partial charge in [0.2, 0.25) is 0 Å². The first-order chi connectivity index (χ1) is 15.8. The van der Waals surface area contributed by atoms with Crippen molar-refractivity contribution in [1.82, 2.24) is 20.1 Å². The highest BCUT2D eigenvalue weighted by Crippen LogP contribution is 2.34. The number of aromatic nitrogens is 3. The van der Waals surface area contributed by atoms with E-state index in [0.717, 1.165) is 12.1 Å². The number of nitrogens with zero attached hydrogens (tertiary/aromatic N) is 2. The Labute approximate surface area is 184 Å². The van der Waals surface area contributed by atoms with Crippen LogP contribution in [0.25, 0.3) is 22.0 Å². The van der Waals surface area contributed by atoms with Gasteiger partial charge in [-0.05, 0) is 47.9 Å². The number of carbonyl (C=O) groups is 1. The molecule has 0 saturated heterocycles. The zero-order chi connectivity index (χ0) is 23.3. The van der Waals surface area contributed by atoms with E-state index in [1.54, 1.807) is 19.2 Å². The maximum Gasteiger partial charge on any atom is 0.272 e. The van der Waals surface area contributed by atoms with Crippen molar-refractivity contribution in [3.63, 3.8) is 0 Å². The van der Waals surface area contributed by atoms with Crippen molar-refractivity contribution in [3.05, 3.63) is 87.2 Å². The second-order valence-electron chi connectivity index (χ2n) is 7.78. The molecule has 33 heavy (non-hydrogen) atoms. The van der Waals surface area contributed by atoms with Crippen molar-refractivity contribution in [2.75, 3.05) is 13.7 Å². The van der Waals surface area contributed by atoms with Crippen LogP contribution in [0, 0.1) is 17.5 Å². The average Bonchev–Trinajstić information content (AvgIpc) is 3.30. The predicted molar refractivity (Wildman–Crippen MR) is 113 cm³/mol. The van der Waals surface area contributed by atoms with Crippen molar-refractivity contribution in [2.45, 2.75) is 12.6 Å². The Balaban J connectivity index is 1.53. The fraction of sp³-hybridized carbons (Fsp3) is 0.174. The molecule has 1 aliphatic rings. The van der Waals surface area contributed by atoms with Crippen LogP contribution in [0.15, 0.2) is 47.3 Å². The minimum absolute atomic E-state index is 0.0134. The average molecular weight is 454 g/mol. The predicted octanol–water partition coefficient (Wildman–Crippen LogP) is 3.68. The number of carbonyl (C=O) groups excluding carboxylic acids is 1.